The van der Waals surface area contributed by atoms with Gasteiger partial charge in [-0.3, -0.25) is 4.79 Å². The van der Waals surface area contributed by atoms with Gasteiger partial charge in [-0.1, -0.05) is 200 Å². The summed E-state index contributed by atoms with van der Waals surface area (Å²) in [6.07, 6.45) is 37.5. The van der Waals surface area contributed by atoms with Crippen molar-refractivity contribution >= 4 is 5.97 Å². The average molecular weight is 898 g/mol. The van der Waals surface area contributed by atoms with Crippen LogP contribution in [-0.2, 0) is 19.0 Å². The first-order valence-electron chi connectivity index (χ1n) is 23.4. The molecule has 0 radical (unpaired) electrons. The van der Waals surface area contributed by atoms with Gasteiger partial charge in [-0.15, -0.1) is 0 Å². The molecule has 1 saturated heterocycles. The van der Waals surface area contributed by atoms with Crippen LogP contribution in [0.25, 0.3) is 0 Å². The van der Waals surface area contributed by atoms with Gasteiger partial charge in [-0.2, -0.15) is 0 Å². The Morgan fingerprint density at radius 1 is 0.509 bits per heavy atom. The van der Waals surface area contributed by atoms with Gasteiger partial charge in [0.15, 0.2) is 6.29 Å². The average Bonchev–Trinajstić information content (AvgIpc) is 3.14. The standard InChI is InChI=1S/C46H92NO7.HI/c1-5-6-7-8-9-10-11-12-13-14-15-16-17-18-19-20-21-22-23-24-25-26-27-28-29-30-31-32-33-34-35-37-42(48)53-40-41-43(49)44(50)45(51)46(54-41)52-39-36-38-47(2,3)4;/h41,43-46,49-51H,5-40H2,1-4H3;1H/q+1;/p-1/t41-,43+,44-,45-,46?;/m0./s1. The van der Waals surface area contributed by atoms with E-state index in [0.29, 0.717) is 13.0 Å². The lowest BCUT2D eigenvalue weighted by molar-refractivity contribution is -0.870. The Kier molecular flexibility index (Phi) is 38.2. The van der Waals surface area contributed by atoms with Crippen LogP contribution in [0.3, 0.4) is 0 Å². The van der Waals surface area contributed by atoms with Crippen LogP contribution in [-0.4, -0.2) is 97.4 Å². The number of halogens is 1. The van der Waals surface area contributed by atoms with Crippen molar-refractivity contribution in [3.8, 4) is 0 Å². The first-order valence-corrected chi connectivity index (χ1v) is 23.4. The molecule has 1 unspecified atom stereocenters. The lowest BCUT2D eigenvalue weighted by Crippen LogP contribution is -3.00. The summed E-state index contributed by atoms with van der Waals surface area (Å²) in [5.74, 6) is -0.331. The Labute approximate surface area is 357 Å². The molecule has 0 bridgehead atoms. The molecule has 1 aliphatic rings. The maximum Gasteiger partial charge on any atom is 0.305 e. The van der Waals surface area contributed by atoms with Crippen LogP contribution in [0.1, 0.15) is 219 Å². The summed E-state index contributed by atoms with van der Waals surface area (Å²) < 4.78 is 17.4. The van der Waals surface area contributed by atoms with E-state index in [2.05, 4.69) is 28.1 Å². The second kappa shape index (κ2) is 38.2. The normalized spacial score (nSPS) is 20.1. The van der Waals surface area contributed by atoms with Crippen molar-refractivity contribution in [1.29, 1.82) is 0 Å². The van der Waals surface area contributed by atoms with Gasteiger partial charge in [-0.05, 0) is 6.42 Å². The van der Waals surface area contributed by atoms with Gasteiger partial charge in [0.25, 0.3) is 0 Å². The Balaban J connectivity index is 0.0000292. The molecule has 1 fully saturated rings. The van der Waals surface area contributed by atoms with Crippen LogP contribution in [0, 0.1) is 0 Å². The van der Waals surface area contributed by atoms with E-state index >= 15 is 0 Å². The van der Waals surface area contributed by atoms with Crippen molar-refractivity contribution in [2.75, 3.05) is 40.9 Å². The van der Waals surface area contributed by atoms with Crippen molar-refractivity contribution < 1.29 is 62.8 Å². The molecule has 5 atom stereocenters. The van der Waals surface area contributed by atoms with E-state index in [1.807, 2.05) is 0 Å². The number of hydrogen-bond donors (Lipinski definition) is 3. The van der Waals surface area contributed by atoms with Gasteiger partial charge in [0.1, 0.15) is 31.0 Å². The van der Waals surface area contributed by atoms with Gasteiger partial charge < -0.3 is 58.0 Å². The molecular formula is C46H92INO7. The lowest BCUT2D eigenvalue weighted by atomic mass is 9.99. The fourth-order valence-corrected chi connectivity index (χ4v) is 7.65. The number of quaternary nitrogens is 1. The van der Waals surface area contributed by atoms with E-state index in [0.717, 1.165) is 36.7 Å². The van der Waals surface area contributed by atoms with Gasteiger partial charge in [0.2, 0.25) is 0 Å². The lowest BCUT2D eigenvalue weighted by Gasteiger charge is -2.40. The van der Waals surface area contributed by atoms with Gasteiger partial charge in [0.05, 0.1) is 34.3 Å². The van der Waals surface area contributed by atoms with Crippen molar-refractivity contribution in [2.45, 2.75) is 250 Å². The summed E-state index contributed by atoms with van der Waals surface area (Å²) in [7, 11) is 6.26. The number of aliphatic hydroxyl groups excluding tert-OH is 3. The molecule has 0 aromatic rings. The van der Waals surface area contributed by atoms with Crippen LogP contribution < -0.4 is 24.0 Å². The smallest absolute Gasteiger partial charge is 0.305 e. The van der Waals surface area contributed by atoms with E-state index in [4.69, 9.17) is 14.2 Å². The predicted octanol–water partition coefficient (Wildman–Crippen LogP) is 7.96. The Hall–Kier alpha value is -0.0400. The van der Waals surface area contributed by atoms with E-state index < -0.39 is 30.7 Å². The summed E-state index contributed by atoms with van der Waals surface area (Å²) in [6, 6.07) is 0. The minimum Gasteiger partial charge on any atom is -1.00 e. The third kappa shape index (κ3) is 33.5. The van der Waals surface area contributed by atoms with Crippen LogP contribution in [0.15, 0.2) is 0 Å². The van der Waals surface area contributed by atoms with E-state index in [-0.39, 0.29) is 36.6 Å². The molecule has 9 heteroatoms. The summed E-state index contributed by atoms with van der Waals surface area (Å²) in [5, 5.41) is 30.8. The minimum atomic E-state index is -1.43. The van der Waals surface area contributed by atoms with Crippen molar-refractivity contribution in [3.05, 3.63) is 0 Å². The van der Waals surface area contributed by atoms with Crippen LogP contribution in [0.5, 0.6) is 0 Å². The SMILES string of the molecule is CCCCCCCCCCCCCCCCCCCCCCCCCCCCCCCCCC(=O)OC[C@@H]1OC(OCCC[N+](C)(C)C)[C@@H](O)[C@@H](O)[C@@H]1O.[I-]. The quantitative estimate of drug-likeness (QED) is 0.0249. The number of carbonyl (C=O) groups excluding carboxylic acids is 1. The molecule has 1 rings (SSSR count). The second-order valence-electron chi connectivity index (χ2n) is 17.8. The summed E-state index contributed by atoms with van der Waals surface area (Å²) in [6.45, 7) is 3.36. The zero-order chi connectivity index (χ0) is 39.5. The number of rotatable bonds is 39. The molecule has 1 aliphatic heterocycles. The van der Waals surface area contributed by atoms with E-state index in [1.54, 1.807) is 0 Å². The third-order valence-corrected chi connectivity index (χ3v) is 11.3. The summed E-state index contributed by atoms with van der Waals surface area (Å²) in [5.41, 5.74) is 0. The highest BCUT2D eigenvalue weighted by Gasteiger charge is 2.44. The third-order valence-electron chi connectivity index (χ3n) is 11.3. The van der Waals surface area contributed by atoms with Gasteiger partial charge >= 0.3 is 5.97 Å². The van der Waals surface area contributed by atoms with Crippen molar-refractivity contribution in [2.24, 2.45) is 0 Å². The minimum absolute atomic E-state index is 0. The Bertz CT molecular complexity index is 829. The zero-order valence-corrected chi connectivity index (χ0v) is 38.8. The molecule has 0 aromatic carbocycles. The molecule has 0 aliphatic carbocycles. The van der Waals surface area contributed by atoms with Crippen molar-refractivity contribution in [1.82, 2.24) is 0 Å². The van der Waals surface area contributed by atoms with Gasteiger partial charge in [-0.25, -0.2) is 0 Å². The highest BCUT2D eigenvalue weighted by molar-refractivity contribution is 5.69. The molecule has 330 valence electrons. The maximum atomic E-state index is 12.3. The number of nitrogens with zero attached hydrogens (tertiary/aromatic N) is 1. The number of carbonyl (C=O) groups is 1. The first-order chi connectivity index (χ1) is 26.2. The Morgan fingerprint density at radius 3 is 1.20 bits per heavy atom. The number of aliphatic hydroxyl groups is 3. The fourth-order valence-electron chi connectivity index (χ4n) is 7.65. The van der Waals surface area contributed by atoms with E-state index in [1.165, 1.54) is 180 Å². The Morgan fingerprint density at radius 2 is 0.855 bits per heavy atom. The highest BCUT2D eigenvalue weighted by atomic mass is 127. The molecule has 8 nitrogen and oxygen atoms in total. The molecule has 0 spiro atoms. The van der Waals surface area contributed by atoms with Crippen molar-refractivity contribution in [3.63, 3.8) is 0 Å². The number of hydrogen-bond acceptors (Lipinski definition) is 7. The summed E-state index contributed by atoms with van der Waals surface area (Å²) in [4.78, 5) is 12.3. The number of ether oxygens (including phenoxy) is 3. The van der Waals surface area contributed by atoms with Crippen LogP contribution in [0.2, 0.25) is 0 Å². The molecule has 55 heavy (non-hydrogen) atoms. The largest absolute Gasteiger partial charge is 1.00 e. The number of unbranched alkanes of at least 4 members (excludes halogenated alkanes) is 30. The van der Waals surface area contributed by atoms with Crippen LogP contribution in [0.4, 0.5) is 0 Å². The molecule has 0 aromatic heterocycles. The second-order valence-corrected chi connectivity index (χ2v) is 17.8. The fraction of sp³-hybridized carbons (Fsp3) is 0.978. The zero-order valence-electron chi connectivity index (χ0n) is 36.6. The predicted molar refractivity (Wildman–Crippen MR) is 225 cm³/mol. The van der Waals surface area contributed by atoms with E-state index in [9.17, 15) is 20.1 Å². The monoisotopic (exact) mass is 898 g/mol. The molecule has 3 N–H and O–H groups in total. The first kappa shape index (κ1) is 55.0. The molecule has 0 saturated carbocycles. The molecule has 1 heterocycles. The van der Waals surface area contributed by atoms with Crippen LogP contribution >= 0.6 is 0 Å². The molecular weight excluding hydrogens is 805 g/mol. The molecule has 0 amide bonds. The highest BCUT2D eigenvalue weighted by Crippen LogP contribution is 2.23. The number of esters is 1. The van der Waals surface area contributed by atoms with Gasteiger partial charge in [0, 0.05) is 12.8 Å². The summed E-state index contributed by atoms with van der Waals surface area (Å²) >= 11 is 0. The topological polar surface area (TPSA) is 105 Å². The maximum absolute atomic E-state index is 12.3.